The van der Waals surface area contributed by atoms with Crippen molar-refractivity contribution in [2.75, 3.05) is 14.2 Å². The minimum absolute atomic E-state index is 0.0989. The van der Waals surface area contributed by atoms with Crippen LogP contribution in [0.2, 0.25) is 0 Å². The largest absolute Gasteiger partial charge is 0.493 e. The van der Waals surface area contributed by atoms with E-state index in [2.05, 4.69) is 25.5 Å². The summed E-state index contributed by atoms with van der Waals surface area (Å²) in [4.78, 5) is 19.7. The second-order valence-corrected chi connectivity index (χ2v) is 8.43. The Labute approximate surface area is 199 Å². The van der Waals surface area contributed by atoms with E-state index in [0.717, 1.165) is 21.7 Å². The maximum Gasteiger partial charge on any atom is 0.266 e. The monoisotopic (exact) mass is 475 g/mol. The van der Waals surface area contributed by atoms with E-state index < -0.39 is 0 Å². The molecule has 1 amide bonds. The van der Waals surface area contributed by atoms with Crippen LogP contribution < -0.4 is 9.47 Å². The first-order chi connectivity index (χ1) is 16.7. The van der Waals surface area contributed by atoms with Gasteiger partial charge in [-0.3, -0.25) is 9.78 Å². The van der Waals surface area contributed by atoms with Crippen molar-refractivity contribution in [2.24, 2.45) is 5.10 Å². The van der Waals surface area contributed by atoms with E-state index in [1.807, 2.05) is 41.8 Å². The molecule has 0 fully saturated rings. The summed E-state index contributed by atoms with van der Waals surface area (Å²) in [6.45, 7) is -0.0989. The average Bonchev–Trinajstić information content (AvgIpc) is 3.65. The number of tetrazole rings is 1. The number of pyridine rings is 1. The third kappa shape index (κ3) is 4.25. The van der Waals surface area contributed by atoms with Crippen LogP contribution in [0.1, 0.15) is 22.9 Å². The molecule has 0 saturated heterocycles. The Morgan fingerprint density at radius 1 is 1.15 bits per heavy atom. The molecule has 172 valence electrons. The first-order valence-corrected chi connectivity index (χ1v) is 11.4. The van der Waals surface area contributed by atoms with E-state index in [1.165, 1.54) is 9.81 Å². The van der Waals surface area contributed by atoms with Gasteiger partial charge in [0.1, 0.15) is 6.54 Å². The summed E-state index contributed by atoms with van der Waals surface area (Å²) in [5, 5.41) is 20.6. The lowest BCUT2D eigenvalue weighted by Crippen LogP contribution is -2.31. The fraction of sp³-hybridized carbons (Fsp3) is 0.217. The van der Waals surface area contributed by atoms with Crippen molar-refractivity contribution in [3.63, 3.8) is 0 Å². The maximum absolute atomic E-state index is 13.4. The number of methoxy groups -OCH3 is 2. The fourth-order valence-corrected chi connectivity index (χ4v) is 4.49. The topological polar surface area (TPSA) is 108 Å². The number of benzene rings is 1. The summed E-state index contributed by atoms with van der Waals surface area (Å²) in [5.41, 5.74) is 2.47. The number of carbonyl (C=O) groups excluding carboxylic acids is 1. The van der Waals surface area contributed by atoms with Gasteiger partial charge in [-0.1, -0.05) is 12.1 Å². The summed E-state index contributed by atoms with van der Waals surface area (Å²) in [7, 11) is 3.18. The molecule has 5 rings (SSSR count). The third-order valence-electron chi connectivity index (χ3n) is 5.41. The van der Waals surface area contributed by atoms with Crippen LogP contribution in [-0.4, -0.2) is 56.0 Å². The number of ether oxygens (including phenoxy) is 2. The van der Waals surface area contributed by atoms with Crippen LogP contribution in [0.3, 0.4) is 0 Å². The molecule has 1 aliphatic heterocycles. The molecule has 0 N–H and O–H groups in total. The van der Waals surface area contributed by atoms with Gasteiger partial charge >= 0.3 is 0 Å². The van der Waals surface area contributed by atoms with Gasteiger partial charge in [-0.15, -0.1) is 21.5 Å². The lowest BCUT2D eigenvalue weighted by molar-refractivity contribution is -0.134. The highest BCUT2D eigenvalue weighted by molar-refractivity contribution is 7.12. The predicted octanol–water partition coefficient (Wildman–Crippen LogP) is 3.19. The van der Waals surface area contributed by atoms with Crippen LogP contribution in [0.5, 0.6) is 11.5 Å². The lowest BCUT2D eigenvalue weighted by atomic mass is 10.0. The van der Waals surface area contributed by atoms with E-state index in [0.29, 0.717) is 23.7 Å². The Kier molecular flexibility index (Phi) is 6.00. The number of hydrogen-bond donors (Lipinski definition) is 0. The van der Waals surface area contributed by atoms with Crippen LogP contribution in [-0.2, 0) is 11.3 Å². The van der Waals surface area contributed by atoms with Crippen LogP contribution in [0, 0.1) is 0 Å². The maximum atomic E-state index is 13.4. The SMILES string of the molecule is COc1ccc(C2CC(c3cccs3)=NN2C(=O)Cn2nnc(-c3cccnc3)n2)cc1OC. The molecule has 0 saturated carbocycles. The second-order valence-electron chi connectivity index (χ2n) is 7.48. The van der Waals surface area contributed by atoms with Gasteiger partial charge in [0.2, 0.25) is 5.82 Å². The van der Waals surface area contributed by atoms with E-state index in [9.17, 15) is 4.79 Å². The molecule has 0 spiro atoms. The number of thiophene rings is 1. The quantitative estimate of drug-likeness (QED) is 0.404. The molecule has 11 heteroatoms. The molecule has 3 aromatic heterocycles. The molecule has 1 aliphatic rings. The van der Waals surface area contributed by atoms with Crippen LogP contribution in [0.4, 0.5) is 0 Å². The number of amides is 1. The van der Waals surface area contributed by atoms with Crippen LogP contribution in [0.25, 0.3) is 11.4 Å². The molecule has 0 radical (unpaired) electrons. The molecular weight excluding hydrogens is 454 g/mol. The summed E-state index contributed by atoms with van der Waals surface area (Å²) < 4.78 is 10.8. The molecule has 10 nitrogen and oxygen atoms in total. The second kappa shape index (κ2) is 9.40. The third-order valence-corrected chi connectivity index (χ3v) is 6.33. The first kappa shape index (κ1) is 21.7. The highest BCUT2D eigenvalue weighted by Gasteiger charge is 2.34. The zero-order chi connectivity index (χ0) is 23.5. The minimum atomic E-state index is -0.300. The van der Waals surface area contributed by atoms with Gasteiger partial charge in [0.25, 0.3) is 5.91 Å². The van der Waals surface area contributed by atoms with Gasteiger partial charge in [0.15, 0.2) is 11.5 Å². The Morgan fingerprint density at radius 2 is 2.03 bits per heavy atom. The van der Waals surface area contributed by atoms with Gasteiger partial charge in [-0.05, 0) is 46.5 Å². The van der Waals surface area contributed by atoms with Gasteiger partial charge in [0, 0.05) is 24.4 Å². The number of hydrazone groups is 1. The summed E-state index contributed by atoms with van der Waals surface area (Å²) in [5.74, 6) is 1.37. The van der Waals surface area contributed by atoms with Crippen molar-refractivity contribution in [1.82, 2.24) is 30.2 Å². The first-order valence-electron chi connectivity index (χ1n) is 10.5. The molecule has 4 heterocycles. The highest BCUT2D eigenvalue weighted by atomic mass is 32.1. The molecule has 0 aliphatic carbocycles. The lowest BCUT2D eigenvalue weighted by Gasteiger charge is -2.22. The van der Waals surface area contributed by atoms with Crippen molar-refractivity contribution >= 4 is 23.0 Å². The number of hydrogen-bond acceptors (Lipinski definition) is 9. The normalized spacial score (nSPS) is 15.3. The number of carbonyl (C=O) groups is 1. The Morgan fingerprint density at radius 3 is 2.76 bits per heavy atom. The zero-order valence-electron chi connectivity index (χ0n) is 18.5. The molecular formula is C23H21N7O3S. The van der Waals surface area contributed by atoms with Gasteiger partial charge in [-0.25, -0.2) is 5.01 Å². The van der Waals surface area contributed by atoms with E-state index in [1.54, 1.807) is 44.0 Å². The van der Waals surface area contributed by atoms with Crippen LogP contribution >= 0.6 is 11.3 Å². The van der Waals surface area contributed by atoms with Gasteiger partial charge < -0.3 is 9.47 Å². The summed E-state index contributed by atoms with van der Waals surface area (Å²) in [6.07, 6.45) is 3.89. The smallest absolute Gasteiger partial charge is 0.266 e. The molecule has 1 aromatic carbocycles. The summed E-state index contributed by atoms with van der Waals surface area (Å²) in [6, 6.07) is 12.9. The molecule has 1 unspecified atom stereocenters. The Bertz CT molecular complexity index is 1320. The molecule has 0 bridgehead atoms. The van der Waals surface area contributed by atoms with E-state index in [4.69, 9.17) is 9.47 Å². The summed E-state index contributed by atoms with van der Waals surface area (Å²) >= 11 is 1.59. The van der Waals surface area contributed by atoms with E-state index in [-0.39, 0.29) is 18.5 Å². The fourth-order valence-electron chi connectivity index (χ4n) is 3.77. The van der Waals surface area contributed by atoms with Crippen molar-refractivity contribution in [2.45, 2.75) is 19.0 Å². The van der Waals surface area contributed by atoms with Crippen molar-refractivity contribution in [3.05, 3.63) is 70.7 Å². The minimum Gasteiger partial charge on any atom is -0.493 e. The van der Waals surface area contributed by atoms with Crippen molar-refractivity contribution in [1.29, 1.82) is 0 Å². The van der Waals surface area contributed by atoms with Crippen molar-refractivity contribution < 1.29 is 14.3 Å². The predicted molar refractivity (Wildman–Crippen MR) is 126 cm³/mol. The molecule has 1 atom stereocenters. The van der Waals surface area contributed by atoms with Gasteiger partial charge in [0.05, 0.1) is 30.9 Å². The number of rotatable bonds is 7. The number of nitrogens with zero attached hydrogens (tertiary/aromatic N) is 7. The van der Waals surface area contributed by atoms with E-state index >= 15 is 0 Å². The van der Waals surface area contributed by atoms with Crippen molar-refractivity contribution in [3.8, 4) is 22.9 Å². The van der Waals surface area contributed by atoms with Gasteiger partial charge in [-0.2, -0.15) is 9.90 Å². The standard InChI is InChI=1S/C23H21N7O3S/c1-32-19-8-7-15(11-20(19)33-2)18-12-17(21-6-4-10-34-21)26-30(18)22(31)14-29-27-23(25-28-29)16-5-3-9-24-13-16/h3-11,13,18H,12,14H2,1-2H3. The number of aromatic nitrogens is 5. The Balaban J connectivity index is 1.43. The Hall–Kier alpha value is -4.12. The van der Waals surface area contributed by atoms with Crippen LogP contribution in [0.15, 0.2) is 65.3 Å². The average molecular weight is 476 g/mol. The highest BCUT2D eigenvalue weighted by Crippen LogP contribution is 2.38. The molecule has 34 heavy (non-hydrogen) atoms. The molecule has 4 aromatic rings. The zero-order valence-corrected chi connectivity index (χ0v) is 19.3.